The molecule has 0 aliphatic heterocycles. The summed E-state index contributed by atoms with van der Waals surface area (Å²) >= 11 is 0. The largest absolute Gasteiger partial charge is 0.480 e. The molecular formula is C13H16N4O3. The summed E-state index contributed by atoms with van der Waals surface area (Å²) in [5, 5.41) is 11.6. The Labute approximate surface area is 115 Å². The molecule has 0 bridgehead atoms. The van der Waals surface area contributed by atoms with Crippen molar-refractivity contribution in [2.75, 3.05) is 0 Å². The fraction of sp³-hybridized carbons (Fsp3) is 0.308. The van der Waals surface area contributed by atoms with Crippen LogP contribution in [0.4, 0.5) is 0 Å². The first kappa shape index (κ1) is 13.9. The number of nitrogens with zero attached hydrogens (tertiary/aromatic N) is 2. The van der Waals surface area contributed by atoms with Gasteiger partial charge in [-0.25, -0.2) is 9.78 Å². The fourth-order valence-electron chi connectivity index (χ4n) is 1.83. The summed E-state index contributed by atoms with van der Waals surface area (Å²) in [5.41, 5.74) is 0.670. The zero-order valence-corrected chi connectivity index (χ0v) is 10.8. The number of carboxylic acid groups (broad SMARTS) is 1. The monoisotopic (exact) mass is 276 g/mol. The maximum Gasteiger partial charge on any atom is 0.326 e. The summed E-state index contributed by atoms with van der Waals surface area (Å²) in [6.07, 6.45) is 7.15. The molecule has 0 unspecified atom stereocenters. The van der Waals surface area contributed by atoms with E-state index >= 15 is 0 Å². The molecule has 0 aliphatic carbocycles. The number of hydrogen-bond donors (Lipinski definition) is 3. The lowest BCUT2D eigenvalue weighted by Gasteiger charge is -2.13. The van der Waals surface area contributed by atoms with Crippen molar-refractivity contribution in [1.29, 1.82) is 0 Å². The molecule has 2 aromatic rings. The van der Waals surface area contributed by atoms with Crippen LogP contribution in [0.1, 0.15) is 12.1 Å². The van der Waals surface area contributed by atoms with Gasteiger partial charge in [0.1, 0.15) is 6.04 Å². The van der Waals surface area contributed by atoms with E-state index in [0.29, 0.717) is 12.2 Å². The lowest BCUT2D eigenvalue weighted by Crippen LogP contribution is -2.42. The number of hydrogen-bond acceptors (Lipinski definition) is 3. The minimum absolute atomic E-state index is 0.185. The van der Waals surface area contributed by atoms with Gasteiger partial charge >= 0.3 is 5.97 Å². The van der Waals surface area contributed by atoms with Crippen molar-refractivity contribution in [1.82, 2.24) is 19.9 Å². The Morgan fingerprint density at radius 3 is 2.75 bits per heavy atom. The van der Waals surface area contributed by atoms with Gasteiger partial charge in [0.05, 0.1) is 6.33 Å². The standard InChI is InChI=1S/C13H16N4O3/c18-12(3-6-17-4-1-2-5-17)16-11(13(19)20)7-10-8-14-9-15-10/h1-2,4-5,8-9,11H,3,6-7H2,(H,14,15)(H,16,18)(H,19,20)/t11-/m0/s1. The Bertz CT molecular complexity index is 548. The molecular weight excluding hydrogens is 260 g/mol. The normalized spacial score (nSPS) is 12.0. The van der Waals surface area contributed by atoms with Crippen LogP contribution in [0.5, 0.6) is 0 Å². The molecule has 0 aliphatic rings. The van der Waals surface area contributed by atoms with Gasteiger partial charge in [0.15, 0.2) is 0 Å². The number of aliphatic carboxylic acids is 1. The van der Waals surface area contributed by atoms with Crippen LogP contribution in [0.15, 0.2) is 37.1 Å². The third kappa shape index (κ3) is 3.98. The number of aromatic amines is 1. The second kappa shape index (κ2) is 6.55. The van der Waals surface area contributed by atoms with Crippen molar-refractivity contribution >= 4 is 11.9 Å². The summed E-state index contributed by atoms with van der Waals surface area (Å²) in [4.78, 5) is 29.5. The molecule has 2 aromatic heterocycles. The molecule has 7 nitrogen and oxygen atoms in total. The van der Waals surface area contributed by atoms with Crippen LogP contribution in [-0.2, 0) is 22.6 Å². The fourth-order valence-corrected chi connectivity index (χ4v) is 1.83. The summed E-state index contributed by atoms with van der Waals surface area (Å²) < 4.78 is 1.87. The molecule has 0 spiro atoms. The number of carbonyl (C=O) groups excluding carboxylic acids is 1. The maximum atomic E-state index is 11.8. The van der Waals surface area contributed by atoms with E-state index < -0.39 is 12.0 Å². The highest BCUT2D eigenvalue weighted by atomic mass is 16.4. The quantitative estimate of drug-likeness (QED) is 0.682. The van der Waals surface area contributed by atoms with Gasteiger partial charge in [-0.15, -0.1) is 0 Å². The van der Waals surface area contributed by atoms with Gasteiger partial charge in [-0.1, -0.05) is 0 Å². The number of H-pyrrole nitrogens is 1. The van der Waals surface area contributed by atoms with Crippen LogP contribution in [0.3, 0.4) is 0 Å². The first-order valence-electron chi connectivity index (χ1n) is 6.25. The van der Waals surface area contributed by atoms with E-state index in [1.807, 2.05) is 29.1 Å². The maximum absolute atomic E-state index is 11.8. The highest BCUT2D eigenvalue weighted by molar-refractivity contribution is 5.83. The molecule has 2 rings (SSSR count). The minimum atomic E-state index is -1.06. The molecule has 20 heavy (non-hydrogen) atoms. The van der Waals surface area contributed by atoms with Crippen LogP contribution < -0.4 is 5.32 Å². The van der Waals surface area contributed by atoms with E-state index in [1.165, 1.54) is 6.33 Å². The Hall–Kier alpha value is -2.57. The zero-order chi connectivity index (χ0) is 14.4. The lowest BCUT2D eigenvalue weighted by atomic mass is 10.1. The summed E-state index contributed by atoms with van der Waals surface area (Å²) in [7, 11) is 0. The van der Waals surface area contributed by atoms with Gasteiger partial charge in [-0.2, -0.15) is 0 Å². The topological polar surface area (TPSA) is 100 Å². The van der Waals surface area contributed by atoms with Crippen LogP contribution in [0.25, 0.3) is 0 Å². The number of carbonyl (C=O) groups is 2. The average Bonchev–Trinajstić information content (AvgIpc) is 3.08. The molecule has 2 heterocycles. The third-order valence-corrected chi connectivity index (χ3v) is 2.88. The lowest BCUT2D eigenvalue weighted by molar-refractivity contribution is -0.141. The predicted octanol–water partition coefficient (Wildman–Crippen LogP) is 0.413. The van der Waals surface area contributed by atoms with E-state index in [2.05, 4.69) is 15.3 Å². The highest BCUT2D eigenvalue weighted by Gasteiger charge is 2.20. The van der Waals surface area contributed by atoms with Crippen molar-refractivity contribution in [2.45, 2.75) is 25.4 Å². The number of rotatable bonds is 7. The van der Waals surface area contributed by atoms with Crippen molar-refractivity contribution < 1.29 is 14.7 Å². The zero-order valence-electron chi connectivity index (χ0n) is 10.8. The van der Waals surface area contributed by atoms with Gasteiger partial charge < -0.3 is 20.0 Å². The van der Waals surface area contributed by atoms with Crippen LogP contribution in [0.2, 0.25) is 0 Å². The smallest absolute Gasteiger partial charge is 0.326 e. The van der Waals surface area contributed by atoms with Gasteiger partial charge in [-0.3, -0.25) is 4.79 Å². The predicted molar refractivity (Wildman–Crippen MR) is 70.9 cm³/mol. The number of carboxylic acids is 1. The molecule has 0 saturated heterocycles. The van der Waals surface area contributed by atoms with E-state index in [-0.39, 0.29) is 18.7 Å². The van der Waals surface area contributed by atoms with Gasteiger partial charge in [0, 0.05) is 43.7 Å². The van der Waals surface area contributed by atoms with Gasteiger partial charge in [-0.05, 0) is 12.1 Å². The second-order valence-corrected chi connectivity index (χ2v) is 4.41. The summed E-state index contributed by atoms with van der Waals surface area (Å²) in [5.74, 6) is -1.35. The second-order valence-electron chi connectivity index (χ2n) is 4.41. The van der Waals surface area contributed by atoms with E-state index in [9.17, 15) is 9.59 Å². The van der Waals surface area contributed by atoms with E-state index in [0.717, 1.165) is 0 Å². The molecule has 3 N–H and O–H groups in total. The number of amides is 1. The molecule has 106 valence electrons. The van der Waals surface area contributed by atoms with Crippen molar-refractivity contribution in [2.24, 2.45) is 0 Å². The Morgan fingerprint density at radius 2 is 2.15 bits per heavy atom. The molecule has 0 radical (unpaired) electrons. The van der Waals surface area contributed by atoms with Gasteiger partial charge in [0.25, 0.3) is 0 Å². The first-order valence-corrected chi connectivity index (χ1v) is 6.25. The van der Waals surface area contributed by atoms with E-state index in [1.54, 1.807) is 6.20 Å². The molecule has 1 amide bonds. The average molecular weight is 276 g/mol. The number of aryl methyl sites for hydroxylation is 1. The highest BCUT2D eigenvalue weighted by Crippen LogP contribution is 2.00. The Kier molecular flexibility index (Phi) is 4.54. The summed E-state index contributed by atoms with van der Waals surface area (Å²) in [6, 6.07) is 2.79. The Balaban J connectivity index is 1.84. The molecule has 1 atom stereocenters. The SMILES string of the molecule is O=C(CCn1cccc1)N[C@@H](Cc1cnc[nH]1)C(=O)O. The molecule has 0 saturated carbocycles. The molecule has 0 fully saturated rings. The molecule has 7 heteroatoms. The molecule has 0 aromatic carbocycles. The Morgan fingerprint density at radius 1 is 1.40 bits per heavy atom. The number of aromatic nitrogens is 3. The van der Waals surface area contributed by atoms with E-state index in [4.69, 9.17) is 5.11 Å². The van der Waals surface area contributed by atoms with Crippen LogP contribution in [-0.4, -0.2) is 37.6 Å². The minimum Gasteiger partial charge on any atom is -0.480 e. The number of imidazole rings is 1. The number of nitrogens with one attached hydrogen (secondary N) is 2. The van der Waals surface area contributed by atoms with Gasteiger partial charge in [0.2, 0.25) is 5.91 Å². The summed E-state index contributed by atoms with van der Waals surface area (Å²) in [6.45, 7) is 0.523. The first-order chi connectivity index (χ1) is 9.65. The van der Waals surface area contributed by atoms with Crippen LogP contribution >= 0.6 is 0 Å². The van der Waals surface area contributed by atoms with Crippen molar-refractivity contribution in [3.63, 3.8) is 0 Å². The van der Waals surface area contributed by atoms with Crippen molar-refractivity contribution in [3.05, 3.63) is 42.7 Å². The third-order valence-electron chi connectivity index (χ3n) is 2.88. The van der Waals surface area contributed by atoms with Crippen LogP contribution in [0, 0.1) is 0 Å². The van der Waals surface area contributed by atoms with Crippen molar-refractivity contribution in [3.8, 4) is 0 Å².